The monoisotopic (exact) mass is 226 g/mol. The Labute approximate surface area is 93.9 Å². The quantitative estimate of drug-likeness (QED) is 0.535. The molecule has 2 heteroatoms. The molecule has 0 amide bonds. The number of hydrogen-bond donors (Lipinski definition) is 0. The number of benzene rings is 1. The summed E-state index contributed by atoms with van der Waals surface area (Å²) < 4.78 is 0. The van der Waals surface area contributed by atoms with Crippen molar-refractivity contribution in [2.24, 2.45) is 0 Å². The number of alkyl halides is 1. The first-order valence-electron chi connectivity index (χ1n) is 5.36. The zero-order chi connectivity index (χ0) is 10.4. The van der Waals surface area contributed by atoms with Crippen molar-refractivity contribution in [2.45, 2.75) is 31.9 Å². The highest BCUT2D eigenvalue weighted by Crippen LogP contribution is 2.14. The van der Waals surface area contributed by atoms with Crippen LogP contribution in [0.25, 0.3) is 0 Å². The summed E-state index contributed by atoms with van der Waals surface area (Å²) in [4.78, 5) is 0. The second kappa shape index (κ2) is 6.26. The van der Waals surface area contributed by atoms with Crippen LogP contribution in [0.15, 0.2) is 30.3 Å². The van der Waals surface area contributed by atoms with Gasteiger partial charge in [-0.3, -0.25) is 0 Å². The highest BCUT2D eigenvalue weighted by atomic mass is 35.5. The molecule has 1 atom stereocenters. The Morgan fingerprint density at radius 3 is 2.36 bits per heavy atom. The lowest BCUT2D eigenvalue weighted by Gasteiger charge is -2.19. The van der Waals surface area contributed by atoms with Crippen LogP contribution in [0.2, 0.25) is 11.6 Å². The van der Waals surface area contributed by atoms with E-state index in [1.54, 1.807) is 5.19 Å². The molecule has 0 bridgehead atoms. The van der Waals surface area contributed by atoms with Gasteiger partial charge in [0.2, 0.25) is 0 Å². The second-order valence-electron chi connectivity index (χ2n) is 4.09. The van der Waals surface area contributed by atoms with E-state index in [2.05, 4.69) is 44.2 Å². The van der Waals surface area contributed by atoms with Crippen molar-refractivity contribution in [3.05, 3.63) is 30.3 Å². The van der Waals surface area contributed by atoms with E-state index < -0.39 is 8.80 Å². The lowest BCUT2D eigenvalue weighted by atomic mass is 10.4. The summed E-state index contributed by atoms with van der Waals surface area (Å²) in [6.07, 6.45) is 1.17. The van der Waals surface area contributed by atoms with E-state index in [0.29, 0.717) is 0 Å². The molecule has 78 valence electrons. The Bertz CT molecular complexity index is 246. The third-order valence-corrected chi connectivity index (χ3v) is 6.83. The van der Waals surface area contributed by atoms with Gasteiger partial charge in [-0.05, 0) is 12.0 Å². The Balaban J connectivity index is 2.68. The minimum absolute atomic E-state index is 0.767. The van der Waals surface area contributed by atoms with Gasteiger partial charge in [-0.25, -0.2) is 0 Å². The molecule has 0 fully saturated rings. The Morgan fingerprint density at radius 1 is 1.21 bits per heavy atom. The van der Waals surface area contributed by atoms with Crippen LogP contribution < -0.4 is 5.19 Å². The normalized spacial score (nSPS) is 13.1. The second-order valence-corrected chi connectivity index (χ2v) is 8.26. The molecule has 1 unspecified atom stereocenters. The fraction of sp³-hybridized carbons (Fsp3) is 0.500. The smallest absolute Gasteiger partial charge is 0.0733 e. The third kappa shape index (κ3) is 3.47. The summed E-state index contributed by atoms with van der Waals surface area (Å²) in [6, 6.07) is 12.3. The van der Waals surface area contributed by atoms with E-state index in [-0.39, 0.29) is 0 Å². The molecule has 0 N–H and O–H groups in total. The van der Waals surface area contributed by atoms with Gasteiger partial charge in [0.05, 0.1) is 8.80 Å². The zero-order valence-electron chi connectivity index (χ0n) is 9.04. The summed E-state index contributed by atoms with van der Waals surface area (Å²) in [6.45, 7) is 4.69. The fourth-order valence-corrected chi connectivity index (χ4v) is 5.43. The molecule has 0 aliphatic rings. The van der Waals surface area contributed by atoms with Crippen molar-refractivity contribution in [3.8, 4) is 0 Å². The maximum atomic E-state index is 5.76. The predicted octanol–water partition coefficient (Wildman–Crippen LogP) is 3.16. The van der Waals surface area contributed by atoms with Gasteiger partial charge in [0, 0.05) is 5.88 Å². The molecular formula is C12H19ClSi. The first-order chi connectivity index (χ1) is 6.75. The van der Waals surface area contributed by atoms with Gasteiger partial charge < -0.3 is 0 Å². The largest absolute Gasteiger partial charge is 0.127 e. The van der Waals surface area contributed by atoms with Crippen LogP contribution in [0, 0.1) is 0 Å². The molecule has 0 heterocycles. The summed E-state index contributed by atoms with van der Waals surface area (Å²) in [5.41, 5.74) is 0.834. The Hall–Kier alpha value is -0.273. The van der Waals surface area contributed by atoms with E-state index in [9.17, 15) is 0 Å². The maximum absolute atomic E-state index is 5.76. The van der Waals surface area contributed by atoms with Crippen LogP contribution >= 0.6 is 11.6 Å². The van der Waals surface area contributed by atoms with Crippen molar-refractivity contribution in [2.75, 3.05) is 5.88 Å². The standard InChI is InChI=1S/C12H19ClSi/c1-11(2)14(10-6-9-13)12-7-4-3-5-8-12/h3-5,7-8,11,14H,6,9-10H2,1-2H3. The molecule has 0 nitrogen and oxygen atoms in total. The van der Waals surface area contributed by atoms with Crippen LogP contribution in [0.3, 0.4) is 0 Å². The van der Waals surface area contributed by atoms with Gasteiger partial charge in [-0.2, -0.15) is 0 Å². The molecule has 0 spiro atoms. The zero-order valence-corrected chi connectivity index (χ0v) is 11.0. The first-order valence-corrected chi connectivity index (χ1v) is 7.96. The lowest BCUT2D eigenvalue weighted by Crippen LogP contribution is -2.32. The third-order valence-electron chi connectivity index (χ3n) is 2.68. The van der Waals surface area contributed by atoms with Gasteiger partial charge in [-0.15, -0.1) is 11.6 Å². The molecule has 14 heavy (non-hydrogen) atoms. The molecule has 0 aromatic heterocycles. The lowest BCUT2D eigenvalue weighted by molar-refractivity contribution is 0.987. The Morgan fingerprint density at radius 2 is 1.86 bits per heavy atom. The molecule has 1 aromatic carbocycles. The van der Waals surface area contributed by atoms with Crippen molar-refractivity contribution < 1.29 is 0 Å². The van der Waals surface area contributed by atoms with Crippen molar-refractivity contribution in [3.63, 3.8) is 0 Å². The summed E-state index contributed by atoms with van der Waals surface area (Å²) in [5.74, 6) is 0.809. The van der Waals surface area contributed by atoms with Gasteiger partial charge in [0.25, 0.3) is 0 Å². The van der Waals surface area contributed by atoms with Gasteiger partial charge in [-0.1, -0.05) is 55.4 Å². The van der Waals surface area contributed by atoms with E-state index in [4.69, 9.17) is 11.6 Å². The summed E-state index contributed by atoms with van der Waals surface area (Å²) >= 11 is 5.76. The Kier molecular flexibility index (Phi) is 5.27. The molecule has 0 saturated carbocycles. The van der Waals surface area contributed by atoms with Crippen molar-refractivity contribution in [1.29, 1.82) is 0 Å². The van der Waals surface area contributed by atoms with Gasteiger partial charge in [0.15, 0.2) is 0 Å². The average Bonchev–Trinajstić information content (AvgIpc) is 2.19. The molecule has 1 rings (SSSR count). The summed E-state index contributed by atoms with van der Waals surface area (Å²) in [7, 11) is -0.767. The highest BCUT2D eigenvalue weighted by molar-refractivity contribution is 6.74. The minimum Gasteiger partial charge on any atom is -0.127 e. The molecule has 0 radical (unpaired) electrons. The molecule has 0 aliphatic carbocycles. The van der Waals surface area contributed by atoms with Gasteiger partial charge >= 0.3 is 0 Å². The fourth-order valence-electron chi connectivity index (χ4n) is 1.88. The SMILES string of the molecule is CC(C)[SiH](CCCCl)c1ccccc1. The van der Waals surface area contributed by atoms with E-state index >= 15 is 0 Å². The first kappa shape index (κ1) is 11.8. The summed E-state index contributed by atoms with van der Waals surface area (Å²) in [5, 5.41) is 1.59. The van der Waals surface area contributed by atoms with E-state index in [0.717, 1.165) is 11.4 Å². The predicted molar refractivity (Wildman–Crippen MR) is 68.5 cm³/mol. The molecule has 0 aliphatic heterocycles. The van der Waals surface area contributed by atoms with Crippen LogP contribution in [-0.4, -0.2) is 14.7 Å². The van der Waals surface area contributed by atoms with Crippen LogP contribution in [-0.2, 0) is 0 Å². The van der Waals surface area contributed by atoms with Crippen LogP contribution in [0.1, 0.15) is 20.3 Å². The molecule has 0 saturated heterocycles. The van der Waals surface area contributed by atoms with Crippen molar-refractivity contribution in [1.82, 2.24) is 0 Å². The number of hydrogen-bond acceptors (Lipinski definition) is 0. The van der Waals surface area contributed by atoms with Gasteiger partial charge in [0.1, 0.15) is 0 Å². The van der Waals surface area contributed by atoms with Crippen LogP contribution in [0.4, 0.5) is 0 Å². The van der Waals surface area contributed by atoms with Crippen molar-refractivity contribution >= 4 is 25.6 Å². The number of halogens is 1. The van der Waals surface area contributed by atoms with Crippen LogP contribution in [0.5, 0.6) is 0 Å². The average molecular weight is 227 g/mol. The van der Waals surface area contributed by atoms with E-state index in [1.807, 2.05) is 0 Å². The number of rotatable bonds is 5. The maximum Gasteiger partial charge on any atom is 0.0733 e. The molecular weight excluding hydrogens is 208 g/mol. The minimum atomic E-state index is -0.767. The highest BCUT2D eigenvalue weighted by Gasteiger charge is 2.16. The van der Waals surface area contributed by atoms with E-state index in [1.165, 1.54) is 12.5 Å². The topological polar surface area (TPSA) is 0 Å². The molecule has 1 aromatic rings.